The summed E-state index contributed by atoms with van der Waals surface area (Å²) in [7, 11) is 0. The first-order valence-electron chi connectivity index (χ1n) is 9.72. The Morgan fingerprint density at radius 3 is 2.34 bits per heavy atom. The molecule has 2 amide bonds. The van der Waals surface area contributed by atoms with Gasteiger partial charge in [0.2, 0.25) is 5.95 Å². The number of piperazine rings is 1. The topological polar surface area (TPSA) is 126 Å². The van der Waals surface area contributed by atoms with Crippen molar-refractivity contribution in [1.82, 2.24) is 14.9 Å². The second kappa shape index (κ2) is 8.39. The molecule has 0 unspecified atom stereocenters. The molecule has 2 aliphatic rings. The van der Waals surface area contributed by atoms with Crippen LogP contribution in [0.4, 0.5) is 33.6 Å². The molecule has 10 nitrogen and oxygen atoms in total. The van der Waals surface area contributed by atoms with Gasteiger partial charge in [-0.15, -0.1) is 0 Å². The number of ether oxygens (including phenoxy) is 1. The highest BCUT2D eigenvalue weighted by atomic mass is 16.5. The van der Waals surface area contributed by atoms with Gasteiger partial charge in [0, 0.05) is 50.6 Å². The number of carbonyl (C=O) groups excluding carboxylic acids is 1. The van der Waals surface area contributed by atoms with Crippen LogP contribution >= 0.6 is 0 Å². The molecule has 0 aliphatic carbocycles. The quantitative estimate of drug-likeness (QED) is 0.692. The molecule has 4 rings (SSSR count). The number of primary amides is 1. The number of aromatic nitrogens is 2. The molecule has 1 aromatic heterocycles. The second-order valence-electron chi connectivity index (χ2n) is 7.06. The predicted octanol–water partition coefficient (Wildman–Crippen LogP) is 0.840. The lowest BCUT2D eigenvalue weighted by Gasteiger charge is -2.34. The van der Waals surface area contributed by atoms with Crippen molar-refractivity contribution in [3.63, 3.8) is 0 Å². The number of benzene rings is 1. The van der Waals surface area contributed by atoms with Gasteiger partial charge in [0.15, 0.2) is 5.82 Å². The summed E-state index contributed by atoms with van der Waals surface area (Å²) in [4.78, 5) is 26.2. The lowest BCUT2D eigenvalue weighted by Crippen LogP contribution is -2.50. The summed E-state index contributed by atoms with van der Waals surface area (Å²) in [5, 5.41) is 3.24. The maximum absolute atomic E-state index is 11.3. The molecular formula is C19H26N8O2. The van der Waals surface area contributed by atoms with Crippen LogP contribution in [0.2, 0.25) is 0 Å². The maximum Gasteiger partial charge on any atom is 0.314 e. The van der Waals surface area contributed by atoms with Gasteiger partial charge in [-0.2, -0.15) is 4.98 Å². The standard InChI is InChI=1S/C19H26N8O2/c20-16-13-22-19(24-17(16)26-5-7-27(8-6-26)18(21)28)23-14-1-3-15(4-2-14)25-9-11-29-12-10-25/h1-4,13H,5-12,20H2,(H2,21,28)(H,22,23,24). The average molecular weight is 398 g/mol. The Bertz CT molecular complexity index is 846. The van der Waals surface area contributed by atoms with Crippen LogP contribution < -0.4 is 26.6 Å². The first-order valence-corrected chi connectivity index (χ1v) is 9.72. The number of amides is 2. The molecule has 1 aromatic carbocycles. The number of morpholine rings is 1. The van der Waals surface area contributed by atoms with E-state index in [-0.39, 0.29) is 0 Å². The number of nitrogens with two attached hydrogens (primary N) is 2. The highest BCUT2D eigenvalue weighted by Gasteiger charge is 2.22. The lowest BCUT2D eigenvalue weighted by molar-refractivity contribution is 0.122. The third kappa shape index (κ3) is 4.43. The Morgan fingerprint density at radius 1 is 1.00 bits per heavy atom. The third-order valence-corrected chi connectivity index (χ3v) is 5.19. The minimum Gasteiger partial charge on any atom is -0.394 e. The van der Waals surface area contributed by atoms with Gasteiger partial charge in [0.05, 0.1) is 25.1 Å². The molecule has 0 spiro atoms. The second-order valence-corrected chi connectivity index (χ2v) is 7.06. The number of nitrogens with one attached hydrogen (secondary N) is 1. The number of carbonyl (C=O) groups is 1. The van der Waals surface area contributed by atoms with Gasteiger partial charge in [-0.1, -0.05) is 0 Å². The van der Waals surface area contributed by atoms with Crippen molar-refractivity contribution in [2.75, 3.05) is 73.3 Å². The maximum atomic E-state index is 11.3. The van der Waals surface area contributed by atoms with Crippen molar-refractivity contribution in [2.24, 2.45) is 5.73 Å². The molecule has 2 saturated heterocycles. The van der Waals surface area contributed by atoms with Gasteiger partial charge in [-0.05, 0) is 24.3 Å². The Balaban J connectivity index is 1.43. The summed E-state index contributed by atoms with van der Waals surface area (Å²) >= 11 is 0. The summed E-state index contributed by atoms with van der Waals surface area (Å²) in [5.41, 5.74) is 14.0. The minimum atomic E-state index is -0.400. The summed E-state index contributed by atoms with van der Waals surface area (Å²) in [5.74, 6) is 1.14. The Morgan fingerprint density at radius 2 is 1.69 bits per heavy atom. The first kappa shape index (κ1) is 19.1. The molecule has 2 fully saturated rings. The van der Waals surface area contributed by atoms with E-state index in [1.54, 1.807) is 11.1 Å². The molecule has 0 bridgehead atoms. The fourth-order valence-electron chi connectivity index (χ4n) is 3.54. The van der Waals surface area contributed by atoms with Gasteiger partial charge in [0.25, 0.3) is 0 Å². The Kier molecular flexibility index (Phi) is 5.52. The zero-order chi connectivity index (χ0) is 20.2. The number of nitrogens with zero attached hydrogens (tertiary/aromatic N) is 5. The molecular weight excluding hydrogens is 372 g/mol. The third-order valence-electron chi connectivity index (χ3n) is 5.19. The molecule has 2 aliphatic heterocycles. The molecule has 10 heteroatoms. The van der Waals surface area contributed by atoms with Crippen molar-refractivity contribution in [2.45, 2.75) is 0 Å². The Hall–Kier alpha value is -3.27. The van der Waals surface area contributed by atoms with E-state index >= 15 is 0 Å². The zero-order valence-corrected chi connectivity index (χ0v) is 16.3. The number of anilines is 5. The molecule has 5 N–H and O–H groups in total. The first-order chi connectivity index (χ1) is 14.1. The summed E-state index contributed by atoms with van der Waals surface area (Å²) < 4.78 is 5.40. The van der Waals surface area contributed by atoms with Crippen LogP contribution in [-0.2, 0) is 4.74 Å². The highest BCUT2D eigenvalue weighted by Crippen LogP contribution is 2.25. The van der Waals surface area contributed by atoms with Crippen LogP contribution in [0.5, 0.6) is 0 Å². The van der Waals surface area contributed by atoms with Crippen molar-refractivity contribution in [3.8, 4) is 0 Å². The van der Waals surface area contributed by atoms with E-state index in [0.717, 1.165) is 32.0 Å². The van der Waals surface area contributed by atoms with Crippen LogP contribution in [-0.4, -0.2) is 73.4 Å². The predicted molar refractivity (Wildman–Crippen MR) is 113 cm³/mol. The lowest BCUT2D eigenvalue weighted by atomic mass is 10.2. The number of hydrogen-bond acceptors (Lipinski definition) is 8. The number of urea groups is 1. The highest BCUT2D eigenvalue weighted by molar-refractivity contribution is 5.73. The van der Waals surface area contributed by atoms with E-state index in [4.69, 9.17) is 16.2 Å². The number of rotatable bonds is 4. The van der Waals surface area contributed by atoms with Gasteiger partial charge in [-0.3, -0.25) is 0 Å². The zero-order valence-electron chi connectivity index (χ0n) is 16.3. The van der Waals surface area contributed by atoms with E-state index in [1.807, 2.05) is 17.0 Å². The van der Waals surface area contributed by atoms with E-state index < -0.39 is 6.03 Å². The minimum absolute atomic E-state index is 0.400. The summed E-state index contributed by atoms with van der Waals surface area (Å²) in [6.45, 7) is 5.66. The molecule has 154 valence electrons. The fraction of sp³-hybridized carbons (Fsp3) is 0.421. The van der Waals surface area contributed by atoms with E-state index in [9.17, 15) is 4.79 Å². The van der Waals surface area contributed by atoms with Crippen molar-refractivity contribution >= 4 is 34.9 Å². The monoisotopic (exact) mass is 398 g/mol. The fourth-order valence-corrected chi connectivity index (χ4v) is 3.54. The molecule has 0 atom stereocenters. The van der Waals surface area contributed by atoms with Crippen LogP contribution in [0.3, 0.4) is 0 Å². The SMILES string of the molecule is NC(=O)N1CCN(c2nc(Nc3ccc(N4CCOCC4)cc3)ncc2N)CC1. The molecule has 3 heterocycles. The van der Waals surface area contributed by atoms with Crippen LogP contribution in [0.15, 0.2) is 30.5 Å². The van der Waals surface area contributed by atoms with Gasteiger partial charge in [0.1, 0.15) is 0 Å². The van der Waals surface area contributed by atoms with Gasteiger partial charge in [-0.25, -0.2) is 9.78 Å². The molecule has 29 heavy (non-hydrogen) atoms. The van der Waals surface area contributed by atoms with E-state index in [1.165, 1.54) is 5.69 Å². The van der Waals surface area contributed by atoms with Crippen molar-refractivity contribution in [1.29, 1.82) is 0 Å². The Labute approximate surface area is 169 Å². The largest absolute Gasteiger partial charge is 0.394 e. The van der Waals surface area contributed by atoms with Crippen molar-refractivity contribution < 1.29 is 9.53 Å². The summed E-state index contributed by atoms with van der Waals surface area (Å²) in [6.07, 6.45) is 1.60. The van der Waals surface area contributed by atoms with Crippen molar-refractivity contribution in [3.05, 3.63) is 30.5 Å². The average Bonchev–Trinajstić information content (AvgIpc) is 2.76. The number of hydrogen-bond donors (Lipinski definition) is 3. The van der Waals surface area contributed by atoms with E-state index in [2.05, 4.69) is 32.3 Å². The van der Waals surface area contributed by atoms with Gasteiger partial charge < -0.3 is 36.2 Å². The molecule has 0 radical (unpaired) electrons. The summed E-state index contributed by atoms with van der Waals surface area (Å²) in [6, 6.07) is 7.78. The number of nitrogen functional groups attached to an aromatic ring is 1. The normalized spacial score (nSPS) is 17.3. The van der Waals surface area contributed by atoms with E-state index in [0.29, 0.717) is 43.6 Å². The van der Waals surface area contributed by atoms with Gasteiger partial charge >= 0.3 is 6.03 Å². The molecule has 2 aromatic rings. The molecule has 0 saturated carbocycles. The smallest absolute Gasteiger partial charge is 0.314 e. The van der Waals surface area contributed by atoms with Crippen LogP contribution in [0.1, 0.15) is 0 Å². The van der Waals surface area contributed by atoms with Crippen LogP contribution in [0, 0.1) is 0 Å². The van der Waals surface area contributed by atoms with Crippen LogP contribution in [0.25, 0.3) is 0 Å².